The van der Waals surface area contributed by atoms with Crippen molar-refractivity contribution in [3.05, 3.63) is 108 Å². The largest absolute Gasteiger partial charge is 0.328 e. The van der Waals surface area contributed by atoms with Crippen LogP contribution in [0, 0.1) is 19.9 Å². The van der Waals surface area contributed by atoms with Gasteiger partial charge >= 0.3 is 0 Å². The van der Waals surface area contributed by atoms with Crippen LogP contribution < -0.4 is 4.90 Å². The maximum Gasteiger partial charge on any atom is 0.0446 e. The van der Waals surface area contributed by atoms with E-state index in [2.05, 4.69) is 90.5 Å². The van der Waals surface area contributed by atoms with E-state index in [9.17, 15) is 0 Å². The number of hydrogen-bond donors (Lipinski definition) is 0. The van der Waals surface area contributed by atoms with Crippen molar-refractivity contribution in [2.45, 2.75) is 13.8 Å². The van der Waals surface area contributed by atoms with E-state index in [0.29, 0.717) is 0 Å². The number of aryl methyl sites for hydroxylation is 2. The summed E-state index contributed by atoms with van der Waals surface area (Å²) < 4.78 is 0. The van der Waals surface area contributed by atoms with Crippen molar-refractivity contribution in [2.24, 2.45) is 0 Å². The van der Waals surface area contributed by atoms with E-state index in [1.165, 1.54) is 11.1 Å². The van der Waals surface area contributed by atoms with Crippen molar-refractivity contribution in [3.63, 3.8) is 0 Å². The number of pyridine rings is 1. The molecular weight excluding hydrogens is 521 g/mol. The molecule has 0 saturated carbocycles. The smallest absolute Gasteiger partial charge is 0.0446 e. The Morgan fingerprint density at radius 3 is 2.21 bits per heavy atom. The van der Waals surface area contributed by atoms with Gasteiger partial charge in [0, 0.05) is 37.7 Å². The molecular formula is C25H21IrN2-. The molecule has 0 aliphatic carbocycles. The van der Waals surface area contributed by atoms with Crippen molar-refractivity contribution >= 4 is 17.1 Å². The monoisotopic (exact) mass is 542 g/mol. The van der Waals surface area contributed by atoms with Gasteiger partial charge in [0.25, 0.3) is 0 Å². The van der Waals surface area contributed by atoms with Crippen LogP contribution in [0.2, 0.25) is 0 Å². The summed E-state index contributed by atoms with van der Waals surface area (Å²) in [6.45, 7) is 4.23. The number of hydrogen-bond acceptors (Lipinski definition) is 2. The number of benzene rings is 3. The van der Waals surface area contributed by atoms with E-state index in [4.69, 9.17) is 0 Å². The van der Waals surface area contributed by atoms with Crippen LogP contribution in [0.4, 0.5) is 17.1 Å². The summed E-state index contributed by atoms with van der Waals surface area (Å²) in [5, 5.41) is 0. The molecule has 3 heteroatoms. The summed E-state index contributed by atoms with van der Waals surface area (Å²) in [6, 6.07) is 32.6. The van der Waals surface area contributed by atoms with Crippen LogP contribution in [-0.4, -0.2) is 4.98 Å². The zero-order valence-electron chi connectivity index (χ0n) is 15.9. The molecule has 4 aromatic rings. The third-order valence-electron chi connectivity index (χ3n) is 4.54. The van der Waals surface area contributed by atoms with Gasteiger partial charge in [-0.3, -0.25) is 0 Å². The van der Waals surface area contributed by atoms with Crippen molar-refractivity contribution in [2.75, 3.05) is 4.90 Å². The van der Waals surface area contributed by atoms with Crippen molar-refractivity contribution in [1.29, 1.82) is 0 Å². The van der Waals surface area contributed by atoms with E-state index in [1.807, 2.05) is 30.5 Å². The predicted octanol–water partition coefficient (Wildman–Crippen LogP) is 6.63. The normalized spacial score (nSPS) is 10.2. The maximum atomic E-state index is 4.47. The van der Waals surface area contributed by atoms with Gasteiger partial charge in [0.05, 0.1) is 0 Å². The Kier molecular flexibility index (Phi) is 6.41. The molecule has 1 aromatic heterocycles. The number of aromatic nitrogens is 1. The van der Waals surface area contributed by atoms with Crippen LogP contribution in [0.5, 0.6) is 0 Å². The SMILES string of the molecule is Cc1ccc(N(c2cc[c-]c(-c3ccccn3)c2)c2cccc(C)c2)cc1.[Ir]. The third kappa shape index (κ3) is 4.39. The van der Waals surface area contributed by atoms with Gasteiger partial charge in [-0.1, -0.05) is 42.0 Å². The van der Waals surface area contributed by atoms with Crippen LogP contribution in [0.1, 0.15) is 11.1 Å². The molecule has 0 aliphatic rings. The first kappa shape index (κ1) is 20.0. The number of rotatable bonds is 4. The van der Waals surface area contributed by atoms with Gasteiger partial charge in [0.1, 0.15) is 0 Å². The van der Waals surface area contributed by atoms with Crippen molar-refractivity contribution in [1.82, 2.24) is 4.98 Å². The van der Waals surface area contributed by atoms with Crippen LogP contribution in [-0.2, 0) is 20.1 Å². The molecule has 0 amide bonds. The van der Waals surface area contributed by atoms with Crippen LogP contribution in [0.15, 0.2) is 91.1 Å². The zero-order valence-corrected chi connectivity index (χ0v) is 18.3. The molecule has 2 nitrogen and oxygen atoms in total. The first-order valence-electron chi connectivity index (χ1n) is 9.07. The summed E-state index contributed by atoms with van der Waals surface area (Å²) >= 11 is 0. The van der Waals surface area contributed by atoms with E-state index >= 15 is 0 Å². The minimum Gasteiger partial charge on any atom is -0.328 e. The van der Waals surface area contributed by atoms with Gasteiger partial charge < -0.3 is 9.88 Å². The maximum absolute atomic E-state index is 4.47. The van der Waals surface area contributed by atoms with Crippen LogP contribution in [0.25, 0.3) is 11.3 Å². The molecule has 0 N–H and O–H groups in total. The molecule has 3 aromatic carbocycles. The average molecular weight is 542 g/mol. The standard InChI is InChI=1S/C25H21N2.Ir/c1-19-12-14-22(15-13-19)27(23-9-5-7-20(2)17-23)24-10-6-8-21(18-24)25-11-3-4-16-26-25;/h3-7,9-18H,1-2H3;/q-1;. The number of anilines is 3. The predicted molar refractivity (Wildman–Crippen MR) is 113 cm³/mol. The molecule has 141 valence electrons. The summed E-state index contributed by atoms with van der Waals surface area (Å²) in [7, 11) is 0. The second kappa shape index (κ2) is 8.97. The molecule has 0 fully saturated rings. The van der Waals surface area contributed by atoms with Gasteiger partial charge in [0.2, 0.25) is 0 Å². The Hall–Kier alpha value is -2.74. The van der Waals surface area contributed by atoms with E-state index in [-0.39, 0.29) is 20.1 Å². The molecule has 0 aliphatic heterocycles. The summed E-state index contributed by atoms with van der Waals surface area (Å²) in [5.41, 5.74) is 7.74. The summed E-state index contributed by atoms with van der Waals surface area (Å²) in [5.74, 6) is 0. The molecule has 28 heavy (non-hydrogen) atoms. The minimum atomic E-state index is 0. The molecule has 0 atom stereocenters. The second-order valence-corrected chi connectivity index (χ2v) is 6.69. The fraction of sp³-hybridized carbons (Fsp3) is 0.0800. The minimum absolute atomic E-state index is 0. The molecule has 0 unspecified atom stereocenters. The topological polar surface area (TPSA) is 16.1 Å². The van der Waals surface area contributed by atoms with Gasteiger partial charge in [-0.05, 0) is 61.1 Å². The Labute approximate surface area is 180 Å². The van der Waals surface area contributed by atoms with Gasteiger partial charge in [-0.2, -0.15) is 0 Å². The zero-order chi connectivity index (χ0) is 18.6. The fourth-order valence-electron chi connectivity index (χ4n) is 3.17. The Bertz CT molecular complexity index is 1040. The van der Waals surface area contributed by atoms with E-state index in [1.54, 1.807) is 0 Å². The Morgan fingerprint density at radius 1 is 0.714 bits per heavy atom. The van der Waals surface area contributed by atoms with Crippen LogP contribution in [0.3, 0.4) is 0 Å². The first-order valence-corrected chi connectivity index (χ1v) is 9.07. The number of nitrogens with zero attached hydrogens (tertiary/aromatic N) is 2. The van der Waals surface area contributed by atoms with Crippen LogP contribution >= 0.6 is 0 Å². The molecule has 0 bridgehead atoms. The van der Waals surface area contributed by atoms with Crippen molar-refractivity contribution < 1.29 is 20.1 Å². The van der Waals surface area contributed by atoms with Gasteiger partial charge in [-0.25, -0.2) is 0 Å². The molecule has 1 radical (unpaired) electrons. The molecule has 0 saturated heterocycles. The van der Waals surface area contributed by atoms with Crippen molar-refractivity contribution in [3.8, 4) is 11.3 Å². The summed E-state index contributed by atoms with van der Waals surface area (Å²) in [4.78, 5) is 6.74. The van der Waals surface area contributed by atoms with Gasteiger partial charge in [-0.15, -0.1) is 29.8 Å². The van der Waals surface area contributed by atoms with E-state index < -0.39 is 0 Å². The third-order valence-corrected chi connectivity index (χ3v) is 4.54. The Morgan fingerprint density at radius 2 is 1.50 bits per heavy atom. The first-order chi connectivity index (χ1) is 13.2. The fourth-order valence-corrected chi connectivity index (χ4v) is 3.17. The summed E-state index contributed by atoms with van der Waals surface area (Å²) in [6.07, 6.45) is 1.81. The molecule has 4 rings (SSSR count). The Balaban J connectivity index is 0.00000225. The van der Waals surface area contributed by atoms with Gasteiger partial charge in [0.15, 0.2) is 0 Å². The average Bonchev–Trinajstić information content (AvgIpc) is 2.71. The molecule has 1 heterocycles. The molecule has 0 spiro atoms. The van der Waals surface area contributed by atoms with E-state index in [0.717, 1.165) is 28.3 Å². The quantitative estimate of drug-likeness (QED) is 0.270. The second-order valence-electron chi connectivity index (χ2n) is 6.69.